The fraction of sp³-hybridized carbons (Fsp3) is 0.533. The molecule has 0 bridgehead atoms. The number of carbonyl (C=O) groups excluding carboxylic acids is 1. The van der Waals surface area contributed by atoms with E-state index in [4.69, 9.17) is 0 Å². The average Bonchev–Trinajstić information content (AvgIpc) is 3.06. The number of fused-ring (bicyclic) bond motifs is 1. The van der Waals surface area contributed by atoms with Crippen molar-refractivity contribution in [3.63, 3.8) is 0 Å². The number of carbonyl (C=O) groups is 1. The first-order valence-corrected chi connectivity index (χ1v) is 7.39. The van der Waals surface area contributed by atoms with Crippen molar-refractivity contribution < 1.29 is 9.90 Å². The summed E-state index contributed by atoms with van der Waals surface area (Å²) in [4.78, 5) is 15.9. The lowest BCUT2D eigenvalue weighted by atomic mass is 10.1. The van der Waals surface area contributed by atoms with Crippen molar-refractivity contribution in [2.75, 3.05) is 24.5 Å². The Morgan fingerprint density at radius 1 is 1.33 bits per heavy atom. The maximum Gasteiger partial charge on any atom is 0.255 e. The Labute approximate surface area is 124 Å². The van der Waals surface area contributed by atoms with E-state index in [0.717, 1.165) is 30.2 Å². The van der Waals surface area contributed by atoms with Crippen LogP contribution in [0.3, 0.4) is 0 Å². The van der Waals surface area contributed by atoms with Crippen LogP contribution in [0.5, 0.6) is 0 Å². The largest absolute Gasteiger partial charge is 0.379 e. The number of anilines is 1. The molecule has 1 aromatic rings. The molecule has 6 nitrogen and oxygen atoms in total. The summed E-state index contributed by atoms with van der Waals surface area (Å²) in [6, 6.07) is 2.04. The van der Waals surface area contributed by atoms with Gasteiger partial charge in [-0.1, -0.05) is 12.7 Å². The second-order valence-corrected chi connectivity index (χ2v) is 5.56. The number of nitrogens with zero attached hydrogens (tertiary/aromatic N) is 4. The molecule has 1 unspecified atom stereocenters. The fourth-order valence-electron chi connectivity index (χ4n) is 2.89. The van der Waals surface area contributed by atoms with Crippen LogP contribution in [0.4, 0.5) is 5.82 Å². The molecule has 1 aromatic heterocycles. The van der Waals surface area contributed by atoms with Crippen molar-refractivity contribution in [2.24, 2.45) is 0 Å². The van der Waals surface area contributed by atoms with E-state index in [1.807, 2.05) is 6.07 Å². The number of aliphatic hydroxyl groups excluding tert-OH is 1. The van der Waals surface area contributed by atoms with Crippen LogP contribution in [-0.2, 0) is 17.8 Å². The zero-order valence-corrected chi connectivity index (χ0v) is 12.0. The maximum absolute atomic E-state index is 12.0. The molecule has 3 heterocycles. The van der Waals surface area contributed by atoms with Gasteiger partial charge in [-0.15, -0.1) is 5.10 Å². The SMILES string of the molecule is C=CC(O)C(=O)N1CCc2nnc(N3CCCC3)cc2C1. The molecule has 0 aromatic carbocycles. The van der Waals surface area contributed by atoms with Gasteiger partial charge in [0.25, 0.3) is 5.91 Å². The Kier molecular flexibility index (Phi) is 3.88. The summed E-state index contributed by atoms with van der Waals surface area (Å²) >= 11 is 0. The van der Waals surface area contributed by atoms with E-state index in [2.05, 4.69) is 21.7 Å². The highest BCUT2D eigenvalue weighted by molar-refractivity contribution is 5.82. The van der Waals surface area contributed by atoms with Crippen molar-refractivity contribution in [1.29, 1.82) is 0 Å². The van der Waals surface area contributed by atoms with E-state index in [9.17, 15) is 9.90 Å². The smallest absolute Gasteiger partial charge is 0.255 e. The number of aliphatic hydroxyl groups is 1. The van der Waals surface area contributed by atoms with E-state index >= 15 is 0 Å². The number of hydrogen-bond acceptors (Lipinski definition) is 5. The third kappa shape index (κ3) is 2.76. The molecule has 0 saturated carbocycles. The summed E-state index contributed by atoms with van der Waals surface area (Å²) in [6.45, 7) is 6.54. The number of hydrogen-bond donors (Lipinski definition) is 1. The van der Waals surface area contributed by atoms with E-state index in [0.29, 0.717) is 19.5 Å². The Bertz CT molecular complexity index is 555. The summed E-state index contributed by atoms with van der Waals surface area (Å²) in [5.74, 6) is 0.597. The molecule has 1 saturated heterocycles. The molecule has 0 radical (unpaired) electrons. The van der Waals surface area contributed by atoms with Gasteiger partial charge < -0.3 is 14.9 Å². The lowest BCUT2D eigenvalue weighted by Gasteiger charge is -2.29. The Morgan fingerprint density at radius 2 is 2.10 bits per heavy atom. The zero-order chi connectivity index (χ0) is 14.8. The minimum atomic E-state index is -1.13. The normalized spacial score (nSPS) is 19.3. The van der Waals surface area contributed by atoms with Crippen molar-refractivity contribution in [3.8, 4) is 0 Å². The molecular weight excluding hydrogens is 268 g/mol. The molecule has 1 amide bonds. The van der Waals surface area contributed by atoms with Crippen molar-refractivity contribution in [3.05, 3.63) is 30.0 Å². The third-order valence-corrected chi connectivity index (χ3v) is 4.14. The topological polar surface area (TPSA) is 69.6 Å². The first-order chi connectivity index (χ1) is 10.2. The van der Waals surface area contributed by atoms with E-state index in [1.54, 1.807) is 4.90 Å². The van der Waals surface area contributed by atoms with Gasteiger partial charge in [-0.2, -0.15) is 5.10 Å². The molecule has 1 N–H and O–H groups in total. The molecule has 112 valence electrons. The summed E-state index contributed by atoms with van der Waals surface area (Å²) in [5.41, 5.74) is 1.98. The third-order valence-electron chi connectivity index (χ3n) is 4.14. The fourth-order valence-corrected chi connectivity index (χ4v) is 2.89. The standard InChI is InChI=1S/C15H20N4O2/c1-2-13(20)15(21)19-8-5-12-11(10-19)9-14(17-16-12)18-6-3-4-7-18/h2,9,13,20H,1,3-8,10H2. The second-order valence-electron chi connectivity index (χ2n) is 5.56. The molecule has 0 aliphatic carbocycles. The van der Waals surface area contributed by atoms with Crippen LogP contribution in [0, 0.1) is 0 Å². The summed E-state index contributed by atoms with van der Waals surface area (Å²) < 4.78 is 0. The van der Waals surface area contributed by atoms with Gasteiger partial charge in [0, 0.05) is 32.6 Å². The number of amides is 1. The molecule has 3 rings (SSSR count). The zero-order valence-electron chi connectivity index (χ0n) is 12.0. The summed E-state index contributed by atoms with van der Waals surface area (Å²) in [5, 5.41) is 18.2. The molecule has 6 heteroatoms. The van der Waals surface area contributed by atoms with Crippen LogP contribution >= 0.6 is 0 Å². The van der Waals surface area contributed by atoms with E-state index in [-0.39, 0.29) is 5.91 Å². The Balaban J connectivity index is 1.78. The molecule has 1 atom stereocenters. The van der Waals surface area contributed by atoms with Gasteiger partial charge in [0.05, 0.1) is 5.69 Å². The van der Waals surface area contributed by atoms with Gasteiger partial charge in [0.1, 0.15) is 0 Å². The molecule has 2 aliphatic rings. The first-order valence-electron chi connectivity index (χ1n) is 7.39. The molecule has 2 aliphatic heterocycles. The summed E-state index contributed by atoms with van der Waals surface area (Å²) in [6.07, 6.45) is 3.19. The van der Waals surface area contributed by atoms with Gasteiger partial charge in [-0.05, 0) is 24.5 Å². The van der Waals surface area contributed by atoms with E-state index < -0.39 is 6.10 Å². The van der Waals surface area contributed by atoms with Crippen LogP contribution < -0.4 is 4.90 Å². The molecular formula is C15H20N4O2. The molecule has 1 fully saturated rings. The lowest BCUT2D eigenvalue weighted by molar-refractivity contribution is -0.138. The minimum absolute atomic E-state index is 0.296. The predicted octanol–water partition coefficient (Wildman–Crippen LogP) is 0.508. The van der Waals surface area contributed by atoms with Crippen molar-refractivity contribution in [2.45, 2.75) is 31.9 Å². The van der Waals surface area contributed by atoms with Crippen molar-refractivity contribution in [1.82, 2.24) is 15.1 Å². The quantitative estimate of drug-likeness (QED) is 0.821. The van der Waals surface area contributed by atoms with Gasteiger partial charge in [0.2, 0.25) is 0 Å². The highest BCUT2D eigenvalue weighted by Gasteiger charge is 2.26. The predicted molar refractivity (Wildman–Crippen MR) is 78.8 cm³/mol. The van der Waals surface area contributed by atoms with Gasteiger partial charge in [-0.25, -0.2) is 0 Å². The first kappa shape index (κ1) is 14.0. The highest BCUT2D eigenvalue weighted by Crippen LogP contribution is 2.23. The van der Waals surface area contributed by atoms with Crippen LogP contribution in [0.25, 0.3) is 0 Å². The summed E-state index contributed by atoms with van der Waals surface area (Å²) in [7, 11) is 0. The number of aromatic nitrogens is 2. The van der Waals surface area contributed by atoms with Crippen LogP contribution in [0.15, 0.2) is 18.7 Å². The Hall–Kier alpha value is -1.95. The maximum atomic E-state index is 12.0. The van der Waals surface area contributed by atoms with Crippen LogP contribution in [0.2, 0.25) is 0 Å². The van der Waals surface area contributed by atoms with Crippen LogP contribution in [-0.4, -0.2) is 51.8 Å². The average molecular weight is 288 g/mol. The monoisotopic (exact) mass is 288 g/mol. The molecule has 0 spiro atoms. The Morgan fingerprint density at radius 3 is 2.81 bits per heavy atom. The van der Waals surface area contributed by atoms with Crippen LogP contribution in [0.1, 0.15) is 24.1 Å². The molecule has 21 heavy (non-hydrogen) atoms. The van der Waals surface area contributed by atoms with Gasteiger partial charge in [0.15, 0.2) is 11.9 Å². The van der Waals surface area contributed by atoms with E-state index in [1.165, 1.54) is 18.9 Å². The lowest BCUT2D eigenvalue weighted by Crippen LogP contribution is -2.41. The number of rotatable bonds is 3. The highest BCUT2D eigenvalue weighted by atomic mass is 16.3. The van der Waals surface area contributed by atoms with Crippen molar-refractivity contribution >= 4 is 11.7 Å². The second kappa shape index (κ2) is 5.81. The minimum Gasteiger partial charge on any atom is -0.379 e. The van der Waals surface area contributed by atoms with Gasteiger partial charge >= 0.3 is 0 Å². The van der Waals surface area contributed by atoms with Gasteiger partial charge in [-0.3, -0.25) is 4.79 Å².